The summed E-state index contributed by atoms with van der Waals surface area (Å²) in [7, 11) is 0. The molecule has 9 heavy (non-hydrogen) atoms. The molecule has 0 saturated heterocycles. The van der Waals surface area contributed by atoms with Crippen molar-refractivity contribution in [1.82, 2.24) is 0 Å². The zero-order valence-electron chi connectivity index (χ0n) is 5.05. The van der Waals surface area contributed by atoms with Crippen LogP contribution < -0.4 is 5.73 Å². The number of hydrogen-bond acceptors (Lipinski definition) is 2. The zero-order valence-corrected chi connectivity index (χ0v) is 5.05. The molecule has 0 fully saturated rings. The molecule has 0 bridgehead atoms. The van der Waals surface area contributed by atoms with Crippen molar-refractivity contribution in [3.63, 3.8) is 0 Å². The van der Waals surface area contributed by atoms with Gasteiger partial charge in [-0.05, 0) is 13.0 Å². The number of hydrogen-bond donors (Lipinski definition) is 2. The van der Waals surface area contributed by atoms with Gasteiger partial charge in [-0.2, -0.15) is 0 Å². The van der Waals surface area contributed by atoms with Crippen molar-refractivity contribution < 1.29 is 9.90 Å². The monoisotopic (exact) mass is 127 g/mol. The van der Waals surface area contributed by atoms with Crippen LogP contribution in [-0.2, 0) is 4.79 Å². The van der Waals surface area contributed by atoms with Gasteiger partial charge in [-0.3, -0.25) is 0 Å². The summed E-state index contributed by atoms with van der Waals surface area (Å²) in [6.45, 7) is 0.564. The van der Waals surface area contributed by atoms with Gasteiger partial charge in [0.25, 0.3) is 0 Å². The first-order valence-corrected chi connectivity index (χ1v) is 2.69. The Bertz CT molecular complexity index is 143. The van der Waals surface area contributed by atoms with Crippen molar-refractivity contribution in [3.05, 3.63) is 0 Å². The second-order valence-electron chi connectivity index (χ2n) is 1.50. The van der Waals surface area contributed by atoms with Gasteiger partial charge >= 0.3 is 5.97 Å². The molecule has 0 radical (unpaired) electrons. The van der Waals surface area contributed by atoms with Crippen molar-refractivity contribution in [2.24, 2.45) is 5.73 Å². The van der Waals surface area contributed by atoms with Crippen LogP contribution in [0.15, 0.2) is 0 Å². The Morgan fingerprint density at radius 2 is 2.33 bits per heavy atom. The minimum Gasteiger partial charge on any atom is -0.472 e. The summed E-state index contributed by atoms with van der Waals surface area (Å²) in [5, 5.41) is 8.01. The molecule has 0 aromatic heterocycles. The Hall–Kier alpha value is -1.01. The summed E-state index contributed by atoms with van der Waals surface area (Å²) in [4.78, 5) is 9.76. The molecule has 0 spiro atoms. The maximum absolute atomic E-state index is 9.76. The highest BCUT2D eigenvalue weighted by molar-refractivity contribution is 5.86. The SMILES string of the molecule is NCCCC#CC(=O)O. The molecule has 0 aliphatic carbocycles. The van der Waals surface area contributed by atoms with Crippen molar-refractivity contribution in [2.45, 2.75) is 12.8 Å². The number of aliphatic carboxylic acids is 1. The molecule has 0 aliphatic rings. The lowest BCUT2D eigenvalue weighted by atomic mass is 10.3. The third-order valence-corrected chi connectivity index (χ3v) is 0.701. The average Bonchev–Trinajstić information content (AvgIpc) is 1.80. The quantitative estimate of drug-likeness (QED) is 0.399. The van der Waals surface area contributed by atoms with Gasteiger partial charge in [0.05, 0.1) is 0 Å². The number of rotatable bonds is 2. The van der Waals surface area contributed by atoms with Gasteiger partial charge in [0.15, 0.2) is 0 Å². The fourth-order valence-corrected chi connectivity index (χ4v) is 0.329. The van der Waals surface area contributed by atoms with E-state index >= 15 is 0 Å². The first-order chi connectivity index (χ1) is 4.27. The van der Waals surface area contributed by atoms with Crippen molar-refractivity contribution in [1.29, 1.82) is 0 Å². The van der Waals surface area contributed by atoms with E-state index in [-0.39, 0.29) is 0 Å². The number of carboxylic acids is 1. The molecule has 0 aromatic carbocycles. The Morgan fingerprint density at radius 3 is 2.78 bits per heavy atom. The molecule has 0 saturated carbocycles. The number of carboxylic acid groups (broad SMARTS) is 1. The number of nitrogens with two attached hydrogens (primary N) is 1. The Balaban J connectivity index is 3.27. The second kappa shape index (κ2) is 5.13. The summed E-state index contributed by atoms with van der Waals surface area (Å²) >= 11 is 0. The van der Waals surface area contributed by atoms with E-state index in [0.29, 0.717) is 13.0 Å². The van der Waals surface area contributed by atoms with Crippen LogP contribution in [0.5, 0.6) is 0 Å². The third kappa shape index (κ3) is 6.99. The predicted molar refractivity (Wildman–Crippen MR) is 33.7 cm³/mol. The normalized spacial score (nSPS) is 7.67. The minimum absolute atomic E-state index is 0.564. The van der Waals surface area contributed by atoms with Gasteiger partial charge in [-0.1, -0.05) is 5.92 Å². The van der Waals surface area contributed by atoms with Gasteiger partial charge < -0.3 is 10.8 Å². The molecule has 0 unspecified atom stereocenters. The minimum atomic E-state index is -1.08. The van der Waals surface area contributed by atoms with Crippen LogP contribution in [0.3, 0.4) is 0 Å². The van der Waals surface area contributed by atoms with Crippen LogP contribution in [0.2, 0.25) is 0 Å². The van der Waals surface area contributed by atoms with E-state index in [1.54, 1.807) is 0 Å². The molecular weight excluding hydrogens is 118 g/mol. The van der Waals surface area contributed by atoms with Crippen LogP contribution in [0.1, 0.15) is 12.8 Å². The maximum Gasteiger partial charge on any atom is 0.381 e. The van der Waals surface area contributed by atoms with Gasteiger partial charge in [0.2, 0.25) is 0 Å². The molecule has 0 amide bonds. The van der Waals surface area contributed by atoms with Crippen LogP contribution >= 0.6 is 0 Å². The molecular formula is C6H9NO2. The van der Waals surface area contributed by atoms with E-state index in [0.717, 1.165) is 6.42 Å². The van der Waals surface area contributed by atoms with E-state index in [1.165, 1.54) is 0 Å². The smallest absolute Gasteiger partial charge is 0.381 e. The standard InChI is InChI=1S/C6H9NO2/c7-5-3-1-2-4-6(8)9/h1,3,5,7H2,(H,8,9). The summed E-state index contributed by atoms with van der Waals surface area (Å²) < 4.78 is 0. The van der Waals surface area contributed by atoms with E-state index < -0.39 is 5.97 Å². The lowest BCUT2D eigenvalue weighted by Gasteiger charge is -1.82. The molecule has 0 rings (SSSR count). The summed E-state index contributed by atoms with van der Waals surface area (Å²) in [6, 6.07) is 0. The Kier molecular flexibility index (Phi) is 4.56. The first kappa shape index (κ1) is 7.99. The summed E-state index contributed by atoms with van der Waals surface area (Å²) in [5.41, 5.74) is 5.13. The maximum atomic E-state index is 9.76. The van der Waals surface area contributed by atoms with E-state index in [9.17, 15) is 4.79 Å². The molecule has 0 heterocycles. The van der Waals surface area contributed by atoms with Crippen LogP contribution in [0, 0.1) is 11.8 Å². The molecule has 0 aromatic rings. The topological polar surface area (TPSA) is 63.3 Å². The van der Waals surface area contributed by atoms with Gasteiger partial charge in [-0.15, -0.1) is 0 Å². The van der Waals surface area contributed by atoms with Gasteiger partial charge in [0.1, 0.15) is 0 Å². The zero-order chi connectivity index (χ0) is 7.11. The molecule has 3 nitrogen and oxygen atoms in total. The van der Waals surface area contributed by atoms with Crippen molar-refractivity contribution in [3.8, 4) is 11.8 Å². The molecule has 0 aliphatic heterocycles. The van der Waals surface area contributed by atoms with Crippen LogP contribution in [-0.4, -0.2) is 17.6 Å². The fraction of sp³-hybridized carbons (Fsp3) is 0.500. The molecule has 50 valence electrons. The lowest BCUT2D eigenvalue weighted by molar-refractivity contribution is -0.130. The Labute approximate surface area is 53.9 Å². The molecule has 0 atom stereocenters. The number of carbonyl (C=O) groups is 1. The molecule has 3 heteroatoms. The van der Waals surface area contributed by atoms with Gasteiger partial charge in [-0.25, -0.2) is 4.79 Å². The van der Waals surface area contributed by atoms with E-state index in [4.69, 9.17) is 10.8 Å². The van der Waals surface area contributed by atoms with E-state index in [2.05, 4.69) is 5.92 Å². The predicted octanol–water partition coefficient (Wildman–Crippen LogP) is -0.187. The van der Waals surface area contributed by atoms with Crippen LogP contribution in [0.25, 0.3) is 0 Å². The highest BCUT2D eigenvalue weighted by Gasteiger charge is 1.81. The third-order valence-electron chi connectivity index (χ3n) is 0.701. The highest BCUT2D eigenvalue weighted by atomic mass is 16.4. The first-order valence-electron chi connectivity index (χ1n) is 2.69. The van der Waals surface area contributed by atoms with Gasteiger partial charge in [0, 0.05) is 12.3 Å². The summed E-state index contributed by atoms with van der Waals surface area (Å²) in [5.74, 6) is 3.37. The highest BCUT2D eigenvalue weighted by Crippen LogP contribution is 1.79. The van der Waals surface area contributed by atoms with Crippen molar-refractivity contribution >= 4 is 5.97 Å². The second-order valence-corrected chi connectivity index (χ2v) is 1.50. The Morgan fingerprint density at radius 1 is 1.67 bits per heavy atom. The largest absolute Gasteiger partial charge is 0.472 e. The molecule has 3 N–H and O–H groups in total. The van der Waals surface area contributed by atoms with Crippen molar-refractivity contribution in [2.75, 3.05) is 6.54 Å². The van der Waals surface area contributed by atoms with E-state index in [1.807, 2.05) is 5.92 Å². The average molecular weight is 127 g/mol. The summed E-state index contributed by atoms with van der Waals surface area (Å²) in [6.07, 6.45) is 1.34. The number of unbranched alkanes of at least 4 members (excludes halogenated alkanes) is 1. The lowest BCUT2D eigenvalue weighted by Crippen LogP contribution is -1.96. The fourth-order valence-electron chi connectivity index (χ4n) is 0.329. The van der Waals surface area contributed by atoms with Crippen LogP contribution in [0.4, 0.5) is 0 Å².